The van der Waals surface area contributed by atoms with Gasteiger partial charge in [0.15, 0.2) is 0 Å². The van der Waals surface area contributed by atoms with Gasteiger partial charge in [-0.2, -0.15) is 0 Å². The fourth-order valence-corrected chi connectivity index (χ4v) is 2.06. The minimum Gasteiger partial charge on any atom is -0.398 e. The number of primary amides is 1. The van der Waals surface area contributed by atoms with Crippen molar-refractivity contribution in [1.82, 2.24) is 4.90 Å². The van der Waals surface area contributed by atoms with Crippen LogP contribution in [0.5, 0.6) is 0 Å². The summed E-state index contributed by atoms with van der Waals surface area (Å²) in [5.41, 5.74) is 10.7. The molecule has 5 N–H and O–H groups in total. The number of amides is 2. The maximum Gasteiger partial charge on any atom is 0.250 e. The predicted octanol–water partition coefficient (Wildman–Crippen LogP) is 0.149. The van der Waals surface area contributed by atoms with E-state index < -0.39 is 17.8 Å². The van der Waals surface area contributed by atoms with Crippen molar-refractivity contribution >= 4 is 23.2 Å². The number of carbonyl (C=O) groups excluding carboxylic acids is 2. The van der Waals surface area contributed by atoms with Crippen LogP contribution in [0.15, 0.2) is 12.1 Å². The van der Waals surface area contributed by atoms with Crippen LogP contribution in [-0.2, 0) is 4.79 Å². The number of likely N-dealkylation sites (N-methyl/N-ethyl adjacent to an activating group) is 1. The molecule has 6 nitrogen and oxygen atoms in total. The first-order valence-electron chi connectivity index (χ1n) is 5.80. The van der Waals surface area contributed by atoms with Crippen molar-refractivity contribution in [3.63, 3.8) is 0 Å². The Morgan fingerprint density at radius 3 is 2.74 bits per heavy atom. The normalized spacial score (nSPS) is 18.7. The Labute approximate surface area is 109 Å². The first-order valence-corrected chi connectivity index (χ1v) is 5.80. The number of hydrogen-bond acceptors (Lipinski definition) is 4. The lowest BCUT2D eigenvalue weighted by atomic mass is 10.1. The summed E-state index contributed by atoms with van der Waals surface area (Å²) < 4.78 is 13.8. The predicted molar refractivity (Wildman–Crippen MR) is 69.0 cm³/mol. The average Bonchev–Trinajstić information content (AvgIpc) is 2.64. The molecular weight excluding hydrogens is 251 g/mol. The van der Waals surface area contributed by atoms with Crippen LogP contribution < -0.4 is 16.8 Å². The maximum atomic E-state index is 13.8. The third-order valence-corrected chi connectivity index (χ3v) is 3.16. The molecule has 0 saturated carbocycles. The fraction of sp³-hybridized carbons (Fsp3) is 0.333. The van der Waals surface area contributed by atoms with Crippen molar-refractivity contribution < 1.29 is 14.0 Å². The summed E-state index contributed by atoms with van der Waals surface area (Å²) in [4.78, 5) is 24.4. The summed E-state index contributed by atoms with van der Waals surface area (Å²) >= 11 is 0. The number of nitrogens with two attached hydrogens (primary N) is 2. The largest absolute Gasteiger partial charge is 0.398 e. The third kappa shape index (κ3) is 2.44. The van der Waals surface area contributed by atoms with Crippen LogP contribution in [-0.4, -0.2) is 36.3 Å². The van der Waals surface area contributed by atoms with Crippen molar-refractivity contribution in [2.75, 3.05) is 24.6 Å². The van der Waals surface area contributed by atoms with E-state index in [1.165, 1.54) is 6.07 Å². The zero-order valence-electron chi connectivity index (χ0n) is 10.4. The van der Waals surface area contributed by atoms with Crippen LogP contribution in [0.4, 0.5) is 15.8 Å². The number of anilines is 2. The van der Waals surface area contributed by atoms with Crippen molar-refractivity contribution in [3.05, 3.63) is 23.5 Å². The summed E-state index contributed by atoms with van der Waals surface area (Å²) in [6.45, 7) is 0.607. The van der Waals surface area contributed by atoms with E-state index in [0.717, 1.165) is 6.07 Å². The molecule has 1 saturated heterocycles. The number of hydrogen-bond donors (Lipinski definition) is 3. The molecule has 1 atom stereocenters. The molecule has 1 aliphatic rings. The highest BCUT2D eigenvalue weighted by molar-refractivity contribution is 5.99. The Morgan fingerprint density at radius 1 is 1.53 bits per heavy atom. The summed E-state index contributed by atoms with van der Waals surface area (Å²) in [6.07, 6.45) is 0.574. The number of nitrogens with one attached hydrogen (secondary N) is 1. The fourth-order valence-electron chi connectivity index (χ4n) is 2.06. The summed E-state index contributed by atoms with van der Waals surface area (Å²) in [6, 6.07) is 1.76. The smallest absolute Gasteiger partial charge is 0.250 e. The van der Waals surface area contributed by atoms with Crippen molar-refractivity contribution in [1.29, 1.82) is 0 Å². The molecule has 1 fully saturated rings. The van der Waals surface area contributed by atoms with Gasteiger partial charge in [0.05, 0.1) is 11.3 Å². The van der Waals surface area contributed by atoms with Crippen LogP contribution >= 0.6 is 0 Å². The minimum atomic E-state index is -0.740. The lowest BCUT2D eigenvalue weighted by Crippen LogP contribution is -2.31. The zero-order valence-corrected chi connectivity index (χ0v) is 10.4. The van der Waals surface area contributed by atoms with Crippen LogP contribution in [0, 0.1) is 5.82 Å². The van der Waals surface area contributed by atoms with E-state index in [4.69, 9.17) is 11.5 Å². The van der Waals surface area contributed by atoms with Gasteiger partial charge in [0.25, 0.3) is 5.91 Å². The Kier molecular flexibility index (Phi) is 3.28. The lowest BCUT2D eigenvalue weighted by Gasteiger charge is -2.15. The molecule has 1 heterocycles. The van der Waals surface area contributed by atoms with E-state index in [9.17, 15) is 14.0 Å². The lowest BCUT2D eigenvalue weighted by molar-refractivity contribution is -0.127. The van der Waals surface area contributed by atoms with Crippen LogP contribution in [0.25, 0.3) is 0 Å². The quantitative estimate of drug-likeness (QED) is 0.678. The molecule has 1 aliphatic heterocycles. The molecule has 19 heavy (non-hydrogen) atoms. The molecule has 0 spiro atoms. The number of carbonyl (C=O) groups is 2. The van der Waals surface area contributed by atoms with Crippen molar-refractivity contribution in [2.45, 2.75) is 12.5 Å². The van der Waals surface area contributed by atoms with Gasteiger partial charge in [0.1, 0.15) is 11.9 Å². The maximum absolute atomic E-state index is 13.8. The molecule has 0 radical (unpaired) electrons. The standard InChI is InChI=1S/C12H15FN4O2/c1-17-3-2-9(12(17)19)16-10-4-6(11(15)18)8(14)5-7(10)13/h4-5,9,16H,2-3,14H2,1H3,(H2,15,18). The second kappa shape index (κ2) is 4.75. The number of nitrogen functional groups attached to an aromatic ring is 1. The number of rotatable bonds is 3. The third-order valence-electron chi connectivity index (χ3n) is 3.16. The van der Waals surface area contributed by atoms with Gasteiger partial charge < -0.3 is 21.7 Å². The van der Waals surface area contributed by atoms with E-state index in [-0.39, 0.29) is 22.8 Å². The van der Waals surface area contributed by atoms with Gasteiger partial charge in [0, 0.05) is 19.3 Å². The summed E-state index contributed by atoms with van der Waals surface area (Å²) in [7, 11) is 1.68. The summed E-state index contributed by atoms with van der Waals surface area (Å²) in [5.74, 6) is -1.47. The molecule has 0 aromatic heterocycles. The Morgan fingerprint density at radius 2 is 2.21 bits per heavy atom. The average molecular weight is 266 g/mol. The minimum absolute atomic E-state index is 0.0228. The van der Waals surface area contributed by atoms with Gasteiger partial charge in [-0.05, 0) is 18.6 Å². The molecule has 7 heteroatoms. The second-order valence-electron chi connectivity index (χ2n) is 4.53. The molecular formula is C12H15FN4O2. The highest BCUT2D eigenvalue weighted by Gasteiger charge is 2.29. The highest BCUT2D eigenvalue weighted by atomic mass is 19.1. The Balaban J connectivity index is 2.28. The van der Waals surface area contributed by atoms with Crippen LogP contribution in [0.1, 0.15) is 16.8 Å². The highest BCUT2D eigenvalue weighted by Crippen LogP contribution is 2.24. The first kappa shape index (κ1) is 13.1. The van der Waals surface area contributed by atoms with Crippen molar-refractivity contribution in [3.8, 4) is 0 Å². The molecule has 1 aromatic carbocycles. The number of halogens is 1. The van der Waals surface area contributed by atoms with Crippen LogP contribution in [0.2, 0.25) is 0 Å². The number of likely N-dealkylation sites (tertiary alicyclic amines) is 1. The molecule has 0 bridgehead atoms. The summed E-state index contributed by atoms with van der Waals surface area (Å²) in [5, 5.41) is 2.78. The topological polar surface area (TPSA) is 101 Å². The molecule has 1 aromatic rings. The van der Waals surface area contributed by atoms with E-state index in [1.54, 1.807) is 11.9 Å². The van der Waals surface area contributed by atoms with Crippen molar-refractivity contribution in [2.24, 2.45) is 5.73 Å². The number of benzene rings is 1. The van der Waals surface area contributed by atoms with E-state index in [1.807, 2.05) is 0 Å². The van der Waals surface area contributed by atoms with Gasteiger partial charge in [-0.15, -0.1) is 0 Å². The molecule has 2 amide bonds. The number of nitrogens with zero attached hydrogens (tertiary/aromatic N) is 1. The second-order valence-corrected chi connectivity index (χ2v) is 4.53. The molecule has 1 unspecified atom stereocenters. The van der Waals surface area contributed by atoms with E-state index in [2.05, 4.69) is 5.32 Å². The van der Waals surface area contributed by atoms with Gasteiger partial charge in [-0.25, -0.2) is 4.39 Å². The van der Waals surface area contributed by atoms with Crippen LogP contribution in [0.3, 0.4) is 0 Å². The van der Waals surface area contributed by atoms with Gasteiger partial charge in [-0.1, -0.05) is 0 Å². The van der Waals surface area contributed by atoms with Gasteiger partial charge >= 0.3 is 0 Å². The SMILES string of the molecule is CN1CCC(Nc2cc(C(N)=O)c(N)cc2F)C1=O. The monoisotopic (exact) mass is 266 g/mol. The van der Waals surface area contributed by atoms with E-state index in [0.29, 0.717) is 13.0 Å². The Bertz CT molecular complexity index is 547. The van der Waals surface area contributed by atoms with E-state index >= 15 is 0 Å². The molecule has 0 aliphatic carbocycles. The first-order chi connectivity index (χ1) is 8.90. The van der Waals surface area contributed by atoms with Gasteiger partial charge in [0.2, 0.25) is 5.91 Å². The zero-order chi connectivity index (χ0) is 14.2. The Hall–Kier alpha value is -2.31. The van der Waals surface area contributed by atoms with Gasteiger partial charge in [-0.3, -0.25) is 9.59 Å². The molecule has 2 rings (SSSR count). The molecule has 102 valence electrons.